The van der Waals surface area contributed by atoms with Crippen LogP contribution in [0, 0.1) is 0 Å². The zero-order chi connectivity index (χ0) is 10.4. The van der Waals surface area contributed by atoms with Gasteiger partial charge < -0.3 is 4.43 Å². The lowest BCUT2D eigenvalue weighted by Crippen LogP contribution is -2.27. The molecular formula is C10H16ClNOSi. The minimum Gasteiger partial charge on any atom is -0.403 e. The average molecular weight is 230 g/mol. The molecule has 0 radical (unpaired) electrons. The molecule has 0 aliphatic rings. The normalized spacial score (nSPS) is 15.1. The van der Waals surface area contributed by atoms with Crippen molar-refractivity contribution >= 4 is 18.7 Å². The van der Waals surface area contributed by atoms with Crippen molar-refractivity contribution in [3.63, 3.8) is 0 Å². The fraction of sp³-hybridized carbons (Fsp3) is 0.500. The quantitative estimate of drug-likeness (QED) is 0.572. The van der Waals surface area contributed by atoms with Gasteiger partial charge in [-0.15, -0.1) is 11.1 Å². The predicted molar refractivity (Wildman–Crippen MR) is 61.8 cm³/mol. The van der Waals surface area contributed by atoms with Crippen LogP contribution in [-0.2, 0) is 10.8 Å². The van der Waals surface area contributed by atoms with E-state index in [1.54, 1.807) is 0 Å². The van der Waals surface area contributed by atoms with E-state index in [1.807, 2.05) is 38.0 Å². The van der Waals surface area contributed by atoms with E-state index in [4.69, 9.17) is 15.5 Å². The minimum absolute atomic E-state index is 0.711. The van der Waals surface area contributed by atoms with Crippen LogP contribution in [0.15, 0.2) is 24.5 Å². The van der Waals surface area contributed by atoms with Crippen LogP contribution >= 0.6 is 11.1 Å². The summed E-state index contributed by atoms with van der Waals surface area (Å²) in [6, 6.07) is 4.99. The zero-order valence-electron chi connectivity index (χ0n) is 8.66. The van der Waals surface area contributed by atoms with Gasteiger partial charge in [-0.25, -0.2) is 0 Å². The molecule has 14 heavy (non-hydrogen) atoms. The van der Waals surface area contributed by atoms with Gasteiger partial charge in [-0.1, -0.05) is 0 Å². The summed E-state index contributed by atoms with van der Waals surface area (Å²) in [7, 11) is -1.93. The Morgan fingerprint density at radius 1 is 1.43 bits per heavy atom. The van der Waals surface area contributed by atoms with Crippen LogP contribution in [0.25, 0.3) is 0 Å². The number of pyridine rings is 1. The van der Waals surface area contributed by atoms with Crippen LogP contribution in [0.4, 0.5) is 0 Å². The van der Waals surface area contributed by atoms with E-state index in [9.17, 15) is 0 Å². The Hall–Kier alpha value is -0.383. The van der Waals surface area contributed by atoms with E-state index in [0.29, 0.717) is 6.61 Å². The molecule has 0 saturated carbocycles. The van der Waals surface area contributed by atoms with Gasteiger partial charge in [-0.05, 0) is 43.6 Å². The molecule has 0 bridgehead atoms. The van der Waals surface area contributed by atoms with Gasteiger partial charge in [0.2, 0.25) is 0 Å². The molecule has 4 heteroatoms. The summed E-state index contributed by atoms with van der Waals surface area (Å²) in [5, 5.41) is 0. The highest BCUT2D eigenvalue weighted by Gasteiger charge is 2.24. The van der Waals surface area contributed by atoms with Crippen LogP contribution in [-0.4, -0.2) is 19.2 Å². The van der Waals surface area contributed by atoms with Crippen molar-refractivity contribution in [2.75, 3.05) is 6.61 Å². The van der Waals surface area contributed by atoms with Crippen LogP contribution < -0.4 is 0 Å². The van der Waals surface area contributed by atoms with Crippen LogP contribution in [0.5, 0.6) is 0 Å². The number of hydrogen-bond donors (Lipinski definition) is 0. The zero-order valence-corrected chi connectivity index (χ0v) is 10.4. The first-order valence-electron chi connectivity index (χ1n) is 4.86. The number of hydrogen-bond acceptors (Lipinski definition) is 2. The summed E-state index contributed by atoms with van der Waals surface area (Å²) in [6.45, 7) is 4.74. The molecule has 1 heterocycles. The third kappa shape index (κ3) is 4.22. The second-order valence-corrected chi connectivity index (χ2v) is 8.78. The lowest BCUT2D eigenvalue weighted by molar-refractivity contribution is 0.339. The molecule has 0 amide bonds. The number of aryl methyl sites for hydroxylation is 1. The first-order valence-corrected chi connectivity index (χ1v) is 8.48. The maximum absolute atomic E-state index is 6.29. The van der Waals surface area contributed by atoms with Crippen molar-refractivity contribution in [1.82, 2.24) is 4.98 Å². The highest BCUT2D eigenvalue weighted by atomic mass is 35.6. The van der Waals surface area contributed by atoms with Gasteiger partial charge in [0.1, 0.15) is 0 Å². The summed E-state index contributed by atoms with van der Waals surface area (Å²) < 4.78 is 5.54. The first-order chi connectivity index (χ1) is 6.64. The van der Waals surface area contributed by atoms with Crippen molar-refractivity contribution in [1.29, 1.82) is 0 Å². The molecule has 0 fully saturated rings. The summed E-state index contributed by atoms with van der Waals surface area (Å²) in [4.78, 5) is 3.97. The lowest BCUT2D eigenvalue weighted by Gasteiger charge is -2.18. The van der Waals surface area contributed by atoms with Crippen molar-refractivity contribution < 1.29 is 4.43 Å². The Kier molecular flexibility index (Phi) is 4.58. The summed E-state index contributed by atoms with van der Waals surface area (Å²) in [5.74, 6) is 0. The molecule has 0 saturated heterocycles. The molecule has 0 spiro atoms. The Balaban J connectivity index is 2.40. The Morgan fingerprint density at radius 2 is 2.07 bits per heavy atom. The van der Waals surface area contributed by atoms with Crippen LogP contribution in [0.3, 0.4) is 0 Å². The molecule has 1 atom stereocenters. The second kappa shape index (κ2) is 5.49. The average Bonchev–Trinajstić information content (AvgIpc) is 2.17. The van der Waals surface area contributed by atoms with E-state index >= 15 is 0 Å². The standard InChI is InChI=1S/C10H16ClNOSi/c1-3-13-14(2,11)9-6-10-4-7-12-8-5-10/h4-5,7-8H,3,6,9H2,1-2H3. The number of nitrogens with zero attached hydrogens (tertiary/aromatic N) is 1. The lowest BCUT2D eigenvalue weighted by atomic mass is 10.2. The van der Waals surface area contributed by atoms with Crippen LogP contribution in [0.2, 0.25) is 12.6 Å². The second-order valence-electron chi connectivity index (χ2n) is 3.39. The Labute approximate surface area is 91.1 Å². The first kappa shape index (κ1) is 11.7. The van der Waals surface area contributed by atoms with E-state index in [1.165, 1.54) is 5.56 Å². The maximum atomic E-state index is 6.29. The smallest absolute Gasteiger partial charge is 0.287 e. The van der Waals surface area contributed by atoms with Gasteiger partial charge in [0.05, 0.1) is 0 Å². The fourth-order valence-electron chi connectivity index (χ4n) is 1.29. The van der Waals surface area contributed by atoms with Crippen molar-refractivity contribution in [3.05, 3.63) is 30.1 Å². The van der Waals surface area contributed by atoms with Gasteiger partial charge in [0.15, 0.2) is 0 Å². The molecule has 0 aliphatic carbocycles. The van der Waals surface area contributed by atoms with Crippen molar-refractivity contribution in [3.8, 4) is 0 Å². The largest absolute Gasteiger partial charge is 0.403 e. The number of rotatable bonds is 5. The molecule has 0 N–H and O–H groups in total. The SMILES string of the molecule is CCO[Si](C)(Cl)CCc1ccncc1. The van der Waals surface area contributed by atoms with Gasteiger partial charge in [-0.3, -0.25) is 4.98 Å². The van der Waals surface area contributed by atoms with Crippen molar-refractivity contribution in [2.45, 2.75) is 25.9 Å². The van der Waals surface area contributed by atoms with E-state index in [0.717, 1.165) is 12.5 Å². The number of halogens is 1. The third-order valence-electron chi connectivity index (χ3n) is 2.05. The van der Waals surface area contributed by atoms with E-state index in [-0.39, 0.29) is 0 Å². The Bertz CT molecular complexity index is 266. The minimum atomic E-state index is -1.93. The summed E-state index contributed by atoms with van der Waals surface area (Å²) in [6.07, 6.45) is 4.60. The molecule has 78 valence electrons. The molecule has 2 nitrogen and oxygen atoms in total. The van der Waals surface area contributed by atoms with Crippen LogP contribution in [0.1, 0.15) is 12.5 Å². The van der Waals surface area contributed by atoms with Gasteiger partial charge in [0, 0.05) is 19.0 Å². The van der Waals surface area contributed by atoms with Gasteiger partial charge in [-0.2, -0.15) is 0 Å². The highest BCUT2D eigenvalue weighted by Crippen LogP contribution is 2.19. The highest BCUT2D eigenvalue weighted by molar-refractivity contribution is 7.16. The molecule has 1 unspecified atom stereocenters. The summed E-state index contributed by atoms with van der Waals surface area (Å²) in [5.41, 5.74) is 1.28. The monoisotopic (exact) mass is 229 g/mol. The number of aromatic nitrogens is 1. The van der Waals surface area contributed by atoms with Crippen molar-refractivity contribution in [2.24, 2.45) is 0 Å². The topological polar surface area (TPSA) is 22.1 Å². The Morgan fingerprint density at radius 3 is 2.64 bits per heavy atom. The predicted octanol–water partition coefficient (Wildman–Crippen LogP) is 2.97. The molecule has 0 aromatic carbocycles. The van der Waals surface area contributed by atoms with E-state index < -0.39 is 7.63 Å². The molecule has 0 aliphatic heterocycles. The molecular weight excluding hydrogens is 214 g/mol. The molecule has 1 aromatic rings. The van der Waals surface area contributed by atoms with Gasteiger partial charge in [0.25, 0.3) is 7.63 Å². The maximum Gasteiger partial charge on any atom is 0.287 e. The third-order valence-corrected chi connectivity index (χ3v) is 4.98. The van der Waals surface area contributed by atoms with Gasteiger partial charge >= 0.3 is 0 Å². The fourth-order valence-corrected chi connectivity index (χ4v) is 3.38. The van der Waals surface area contributed by atoms with E-state index in [2.05, 4.69) is 4.98 Å². The summed E-state index contributed by atoms with van der Waals surface area (Å²) >= 11 is 6.29. The molecule has 1 rings (SSSR count). The molecule has 1 aromatic heterocycles.